The van der Waals surface area contributed by atoms with Crippen LogP contribution in [0.4, 0.5) is 10.1 Å². The van der Waals surface area contributed by atoms with Crippen LogP contribution in [0.5, 0.6) is 5.75 Å². The molecule has 9 nitrogen and oxygen atoms in total. The molecule has 0 amide bonds. The standard InChI is InChI=1S/C28H30FN7O2S/c1-19-8-10-31-26(12-19)27(37)28-14-20(15-30)25(33-23-6-4-22(29)5-7-23)13-21(28)9-11-36(18-28)35(3)39-38-24-16-32-34(2)17-24/h4-8,10,12-13,15-17H,9,11,14,18,30H2,1-3H3. The number of carbonyl (C=O) groups is 1. The van der Waals surface area contributed by atoms with Gasteiger partial charge in [-0.2, -0.15) is 9.51 Å². The summed E-state index contributed by atoms with van der Waals surface area (Å²) < 4.78 is 22.9. The molecule has 1 unspecified atom stereocenters. The lowest BCUT2D eigenvalue weighted by Crippen LogP contribution is -2.54. The van der Waals surface area contributed by atoms with E-state index in [1.165, 1.54) is 30.6 Å². The number of hydrazine groups is 1. The number of allylic oxidation sites excluding steroid dienone is 2. The maximum atomic E-state index is 14.3. The van der Waals surface area contributed by atoms with Crippen molar-refractivity contribution in [1.29, 1.82) is 0 Å². The number of nitrogens with two attached hydrogens (primary N) is 1. The molecule has 0 bridgehead atoms. The lowest BCUT2D eigenvalue weighted by molar-refractivity contribution is 0.0226. The van der Waals surface area contributed by atoms with Gasteiger partial charge in [0.1, 0.15) is 11.5 Å². The van der Waals surface area contributed by atoms with Gasteiger partial charge in [-0.15, -0.1) is 0 Å². The number of carbonyl (C=O) groups excluding carboxylic acids is 1. The van der Waals surface area contributed by atoms with Crippen LogP contribution in [-0.4, -0.2) is 55.8 Å². The third kappa shape index (κ3) is 5.65. The fraction of sp³-hybridized carbons (Fsp3) is 0.286. The highest BCUT2D eigenvalue weighted by atomic mass is 32.2. The predicted octanol–water partition coefficient (Wildman–Crippen LogP) is 4.57. The number of aryl methyl sites for hydroxylation is 2. The number of Topliss-reactive ketones (excluding diaryl/α,β-unsaturated/α-hetero) is 1. The number of fused-ring (bicyclic) bond motifs is 1. The van der Waals surface area contributed by atoms with E-state index in [4.69, 9.17) is 14.9 Å². The normalized spacial score (nSPS) is 21.7. The molecular formula is C28H30FN7O2S. The van der Waals surface area contributed by atoms with Crippen LogP contribution < -0.4 is 9.92 Å². The fourth-order valence-electron chi connectivity index (χ4n) is 4.97. The number of piperidine rings is 1. The van der Waals surface area contributed by atoms with Crippen LogP contribution in [0.25, 0.3) is 0 Å². The van der Waals surface area contributed by atoms with Crippen molar-refractivity contribution in [2.75, 3.05) is 20.1 Å². The molecule has 2 aromatic heterocycles. The van der Waals surface area contributed by atoms with Crippen molar-refractivity contribution in [3.8, 4) is 5.75 Å². The first-order valence-corrected chi connectivity index (χ1v) is 13.2. The van der Waals surface area contributed by atoms with E-state index in [9.17, 15) is 9.18 Å². The highest BCUT2D eigenvalue weighted by Gasteiger charge is 2.50. The highest BCUT2D eigenvalue weighted by molar-refractivity contribution is 7.92. The Morgan fingerprint density at radius 2 is 2.10 bits per heavy atom. The number of ketones is 1. The van der Waals surface area contributed by atoms with E-state index in [0.717, 1.165) is 16.7 Å². The second-order valence-corrected chi connectivity index (χ2v) is 10.6. The number of rotatable bonds is 7. The van der Waals surface area contributed by atoms with Gasteiger partial charge in [-0.25, -0.2) is 14.4 Å². The Balaban J connectivity index is 1.50. The lowest BCUT2D eigenvalue weighted by atomic mass is 9.64. The van der Waals surface area contributed by atoms with Crippen molar-refractivity contribution in [2.45, 2.75) is 19.8 Å². The second kappa shape index (κ2) is 11.1. The molecule has 1 atom stereocenters. The number of halogens is 1. The van der Waals surface area contributed by atoms with Crippen LogP contribution in [0, 0.1) is 18.2 Å². The van der Waals surface area contributed by atoms with Gasteiger partial charge in [0.25, 0.3) is 0 Å². The molecule has 2 aliphatic rings. The van der Waals surface area contributed by atoms with Crippen molar-refractivity contribution >= 4 is 29.4 Å². The summed E-state index contributed by atoms with van der Waals surface area (Å²) in [5.74, 6) is 0.246. The van der Waals surface area contributed by atoms with Gasteiger partial charge in [-0.3, -0.25) is 14.5 Å². The molecule has 0 spiro atoms. The minimum Gasteiger partial charge on any atom is -0.405 e. The molecule has 3 aromatic rings. The molecule has 5 rings (SSSR count). The Hall–Kier alpha value is -3.80. The first-order valence-electron chi connectivity index (χ1n) is 12.5. The molecule has 2 N–H and O–H groups in total. The Bertz CT molecular complexity index is 1470. The molecule has 1 aliphatic carbocycles. The molecule has 0 saturated carbocycles. The third-order valence-corrected chi connectivity index (χ3v) is 7.73. The van der Waals surface area contributed by atoms with Crippen molar-refractivity contribution in [3.63, 3.8) is 0 Å². The Labute approximate surface area is 231 Å². The van der Waals surface area contributed by atoms with Crippen LogP contribution in [0.2, 0.25) is 0 Å². The number of aliphatic imine (C=N–C) groups is 1. The minimum absolute atomic E-state index is 0.0612. The quantitative estimate of drug-likeness (QED) is 0.261. The third-order valence-electron chi connectivity index (χ3n) is 7.02. The Morgan fingerprint density at radius 3 is 2.79 bits per heavy atom. The summed E-state index contributed by atoms with van der Waals surface area (Å²) >= 11 is 1.17. The number of nitrogens with zero attached hydrogens (tertiary/aromatic N) is 6. The van der Waals surface area contributed by atoms with E-state index < -0.39 is 5.41 Å². The topological polar surface area (TPSA) is 102 Å². The number of aromatic nitrogens is 3. The Kier molecular flexibility index (Phi) is 7.65. The van der Waals surface area contributed by atoms with Gasteiger partial charge in [-0.1, -0.05) is 5.57 Å². The molecule has 202 valence electrons. The van der Waals surface area contributed by atoms with Crippen LogP contribution in [0.3, 0.4) is 0 Å². The molecule has 39 heavy (non-hydrogen) atoms. The van der Waals surface area contributed by atoms with Crippen molar-refractivity contribution in [1.82, 2.24) is 24.2 Å². The molecule has 1 saturated heterocycles. The summed E-state index contributed by atoms with van der Waals surface area (Å²) in [6.45, 7) is 3.03. The number of hydrogen-bond donors (Lipinski definition) is 1. The molecule has 0 radical (unpaired) electrons. The zero-order valence-corrected chi connectivity index (χ0v) is 22.9. The summed E-state index contributed by atoms with van der Waals surface area (Å²) in [6, 6.07) is 9.69. The second-order valence-electron chi connectivity index (χ2n) is 9.75. The van der Waals surface area contributed by atoms with Gasteiger partial charge in [0.15, 0.2) is 23.8 Å². The average Bonchev–Trinajstić information content (AvgIpc) is 3.36. The predicted molar refractivity (Wildman–Crippen MR) is 150 cm³/mol. The van der Waals surface area contributed by atoms with Crippen LogP contribution in [0.15, 0.2) is 83.4 Å². The summed E-state index contributed by atoms with van der Waals surface area (Å²) in [5.41, 5.74) is 9.60. The number of hydrogen-bond acceptors (Lipinski definition) is 9. The first-order chi connectivity index (χ1) is 18.8. The molecular weight excluding hydrogens is 517 g/mol. The largest absolute Gasteiger partial charge is 0.405 e. The fourth-order valence-corrected chi connectivity index (χ4v) is 5.48. The smallest absolute Gasteiger partial charge is 0.193 e. The minimum atomic E-state index is -0.894. The molecule has 11 heteroatoms. The lowest BCUT2D eigenvalue weighted by Gasteiger charge is -2.47. The van der Waals surface area contributed by atoms with Gasteiger partial charge >= 0.3 is 0 Å². The summed E-state index contributed by atoms with van der Waals surface area (Å²) in [6.07, 6.45) is 9.57. The SMILES string of the molecule is Cc1ccnc(C(=O)C23CC(=CN)C(=Nc4ccc(F)cc4)C=C2CCN(N(C)SOc2cnn(C)c2)C3)c1. The average molecular weight is 548 g/mol. The van der Waals surface area contributed by atoms with Crippen molar-refractivity contribution in [2.24, 2.45) is 23.2 Å². The van der Waals surface area contributed by atoms with Gasteiger partial charge in [-0.05, 0) is 79.6 Å². The maximum absolute atomic E-state index is 14.3. The highest BCUT2D eigenvalue weighted by Crippen LogP contribution is 2.47. The van der Waals surface area contributed by atoms with E-state index in [-0.39, 0.29) is 11.6 Å². The van der Waals surface area contributed by atoms with Gasteiger partial charge in [0, 0.05) is 33.4 Å². The molecule has 3 heterocycles. The van der Waals surface area contributed by atoms with Gasteiger partial charge in [0.2, 0.25) is 0 Å². The number of benzene rings is 1. The molecule has 1 aliphatic heterocycles. The van der Waals surface area contributed by atoms with Crippen LogP contribution >= 0.6 is 12.2 Å². The molecule has 1 aromatic carbocycles. The summed E-state index contributed by atoms with van der Waals surface area (Å²) in [7, 11) is 3.73. The van der Waals surface area contributed by atoms with E-state index in [1.807, 2.05) is 43.6 Å². The maximum Gasteiger partial charge on any atom is 0.193 e. The van der Waals surface area contributed by atoms with Crippen molar-refractivity contribution in [3.05, 3.63) is 95.5 Å². The van der Waals surface area contributed by atoms with Gasteiger partial charge < -0.3 is 9.92 Å². The first kappa shape index (κ1) is 26.8. The van der Waals surface area contributed by atoms with E-state index in [0.29, 0.717) is 48.8 Å². The van der Waals surface area contributed by atoms with Gasteiger partial charge in [0.05, 0.1) is 29.2 Å². The van der Waals surface area contributed by atoms with E-state index >= 15 is 0 Å². The zero-order valence-electron chi connectivity index (χ0n) is 22.0. The van der Waals surface area contributed by atoms with Crippen molar-refractivity contribution < 1.29 is 13.4 Å². The van der Waals surface area contributed by atoms with Crippen LogP contribution in [-0.2, 0) is 7.05 Å². The van der Waals surface area contributed by atoms with E-state index in [1.54, 1.807) is 35.4 Å². The summed E-state index contributed by atoms with van der Waals surface area (Å²) in [4.78, 5) is 23.4. The molecule has 1 fully saturated rings. The monoisotopic (exact) mass is 547 g/mol. The summed E-state index contributed by atoms with van der Waals surface area (Å²) in [5, 5.41) is 6.23. The van der Waals surface area contributed by atoms with Crippen LogP contribution in [0.1, 0.15) is 28.9 Å². The number of pyridine rings is 1. The van der Waals surface area contributed by atoms with E-state index in [2.05, 4.69) is 15.1 Å². The Morgan fingerprint density at radius 1 is 1.31 bits per heavy atom. The zero-order chi connectivity index (χ0) is 27.6.